The Hall–Kier alpha value is -0.890. The van der Waals surface area contributed by atoms with Crippen molar-refractivity contribution in [3.05, 3.63) is 0 Å². The average Bonchev–Trinajstić information content (AvgIpc) is 2.18. The third-order valence-electron chi connectivity index (χ3n) is 1.76. The molecule has 0 spiro atoms. The van der Waals surface area contributed by atoms with Crippen LogP contribution in [0.25, 0.3) is 0 Å². The number of nitrogens with one attached hydrogen (secondary N) is 1. The molecule has 0 aliphatic heterocycles. The number of halogens is 4. The Balaban J connectivity index is 4.38. The molecular formula is C8H13F4NO3. The molecule has 2 N–H and O–H groups in total. The van der Waals surface area contributed by atoms with Gasteiger partial charge in [0, 0.05) is 13.7 Å². The number of methoxy groups -OCH3 is 1. The smallest absolute Gasteiger partial charge is 0.383 e. The summed E-state index contributed by atoms with van der Waals surface area (Å²) in [5, 5.41) is 10.2. The Morgan fingerprint density at radius 2 is 2.06 bits per heavy atom. The van der Waals surface area contributed by atoms with Crippen molar-refractivity contribution in [3.8, 4) is 0 Å². The molecule has 1 amide bonds. The van der Waals surface area contributed by atoms with Crippen LogP contribution in [-0.2, 0) is 9.53 Å². The van der Waals surface area contributed by atoms with Crippen molar-refractivity contribution in [1.82, 2.24) is 5.32 Å². The first-order valence-electron chi connectivity index (χ1n) is 4.43. The number of rotatable bonds is 7. The van der Waals surface area contributed by atoms with E-state index in [2.05, 4.69) is 4.74 Å². The van der Waals surface area contributed by atoms with Gasteiger partial charge in [-0.15, -0.1) is 0 Å². The fourth-order valence-corrected chi connectivity index (χ4v) is 0.935. The molecule has 96 valence electrons. The molecule has 0 aliphatic rings. The summed E-state index contributed by atoms with van der Waals surface area (Å²) in [4.78, 5) is 10.8. The third-order valence-corrected chi connectivity index (χ3v) is 1.76. The van der Waals surface area contributed by atoms with E-state index in [4.69, 9.17) is 5.11 Å². The van der Waals surface area contributed by atoms with Crippen LogP contribution in [0.1, 0.15) is 6.42 Å². The van der Waals surface area contributed by atoms with E-state index in [9.17, 15) is 22.4 Å². The Morgan fingerprint density at radius 1 is 1.50 bits per heavy atom. The van der Waals surface area contributed by atoms with E-state index in [1.165, 1.54) is 7.11 Å². The summed E-state index contributed by atoms with van der Waals surface area (Å²) in [7, 11) is 1.25. The van der Waals surface area contributed by atoms with Crippen molar-refractivity contribution in [1.29, 1.82) is 0 Å². The van der Waals surface area contributed by atoms with E-state index in [1.807, 2.05) is 0 Å². The Morgan fingerprint density at radius 3 is 2.44 bits per heavy atom. The zero-order valence-electron chi connectivity index (χ0n) is 8.55. The fraction of sp³-hybridized carbons (Fsp3) is 0.875. The highest BCUT2D eigenvalue weighted by Gasteiger charge is 2.49. The first-order chi connectivity index (χ1) is 7.36. The highest BCUT2D eigenvalue weighted by molar-refractivity contribution is 5.84. The van der Waals surface area contributed by atoms with Gasteiger partial charge in [-0.25, -0.2) is 8.78 Å². The van der Waals surface area contributed by atoms with Crippen LogP contribution in [0.3, 0.4) is 0 Å². The van der Waals surface area contributed by atoms with Crippen LogP contribution in [0.2, 0.25) is 0 Å². The third kappa shape index (κ3) is 4.31. The van der Waals surface area contributed by atoms with E-state index in [-0.39, 0.29) is 19.6 Å². The number of hydrogen-bond donors (Lipinski definition) is 2. The summed E-state index contributed by atoms with van der Waals surface area (Å²) in [6.45, 7) is -0.528. The summed E-state index contributed by atoms with van der Waals surface area (Å²) in [6.07, 6.45) is -4.12. The van der Waals surface area contributed by atoms with E-state index in [0.717, 1.165) is 0 Å². The molecule has 1 atom stereocenters. The normalized spacial score (nSPS) is 13.9. The molecule has 0 radical (unpaired) electrons. The van der Waals surface area contributed by atoms with Gasteiger partial charge in [0.25, 0.3) is 5.91 Å². The second-order valence-electron chi connectivity index (χ2n) is 3.06. The largest absolute Gasteiger partial charge is 0.396 e. The lowest BCUT2D eigenvalue weighted by molar-refractivity contribution is -0.170. The molecule has 0 aromatic rings. The molecule has 0 aromatic carbocycles. The highest BCUT2D eigenvalue weighted by atomic mass is 19.3. The van der Waals surface area contributed by atoms with E-state index in [1.54, 1.807) is 5.32 Å². The standard InChI is InChI=1S/C8H13F4NO3/c1-16-4-5(2-3-14)13-7(15)8(11,12)6(9)10/h5-6,14H,2-4H2,1H3,(H,13,15). The minimum absolute atomic E-state index is 0.0566. The number of amides is 1. The molecule has 0 heterocycles. The predicted molar refractivity (Wildman–Crippen MR) is 46.5 cm³/mol. The van der Waals surface area contributed by atoms with Gasteiger partial charge in [0.15, 0.2) is 0 Å². The lowest BCUT2D eigenvalue weighted by Crippen LogP contribution is -2.50. The number of ether oxygens (including phenoxy) is 1. The van der Waals surface area contributed by atoms with Crippen LogP contribution in [0.4, 0.5) is 17.6 Å². The zero-order valence-corrected chi connectivity index (χ0v) is 8.55. The number of hydrogen-bond acceptors (Lipinski definition) is 3. The SMILES string of the molecule is COCC(CCO)NC(=O)C(F)(F)C(F)F. The molecule has 16 heavy (non-hydrogen) atoms. The van der Waals surface area contributed by atoms with Crippen LogP contribution in [-0.4, -0.2) is 49.7 Å². The highest BCUT2D eigenvalue weighted by Crippen LogP contribution is 2.23. The Bertz CT molecular complexity index is 219. The summed E-state index contributed by atoms with van der Waals surface area (Å²) in [6, 6.07) is -0.924. The Kier molecular flexibility index (Phi) is 6.27. The van der Waals surface area contributed by atoms with Crippen LogP contribution < -0.4 is 5.32 Å². The minimum Gasteiger partial charge on any atom is -0.396 e. The van der Waals surface area contributed by atoms with Gasteiger partial charge >= 0.3 is 12.3 Å². The van der Waals surface area contributed by atoms with Crippen LogP contribution >= 0.6 is 0 Å². The van der Waals surface area contributed by atoms with Gasteiger partial charge in [-0.3, -0.25) is 4.79 Å². The fourth-order valence-electron chi connectivity index (χ4n) is 0.935. The molecule has 1 unspecified atom stereocenters. The Labute approximate surface area is 89.6 Å². The summed E-state index contributed by atoms with van der Waals surface area (Å²) >= 11 is 0. The molecule has 0 rings (SSSR count). The summed E-state index contributed by atoms with van der Waals surface area (Å²) in [5.74, 6) is -6.81. The van der Waals surface area contributed by atoms with Gasteiger partial charge in [0.1, 0.15) is 0 Å². The van der Waals surface area contributed by atoms with Crippen molar-refractivity contribution in [3.63, 3.8) is 0 Å². The van der Waals surface area contributed by atoms with Gasteiger partial charge in [-0.2, -0.15) is 8.78 Å². The number of alkyl halides is 4. The van der Waals surface area contributed by atoms with Crippen molar-refractivity contribution in [2.24, 2.45) is 0 Å². The summed E-state index contributed by atoms with van der Waals surface area (Å²) < 4.78 is 53.2. The van der Waals surface area contributed by atoms with Gasteiger partial charge in [-0.05, 0) is 6.42 Å². The predicted octanol–water partition coefficient (Wildman–Crippen LogP) is 0.400. The maximum absolute atomic E-state index is 12.5. The van der Waals surface area contributed by atoms with E-state index in [0.29, 0.717) is 0 Å². The topological polar surface area (TPSA) is 58.6 Å². The first kappa shape index (κ1) is 15.1. The maximum Gasteiger partial charge on any atom is 0.383 e. The molecule has 0 saturated heterocycles. The molecule has 8 heteroatoms. The monoisotopic (exact) mass is 247 g/mol. The van der Waals surface area contributed by atoms with Gasteiger partial charge < -0.3 is 15.2 Å². The minimum atomic E-state index is -4.73. The van der Waals surface area contributed by atoms with Crippen LogP contribution in [0, 0.1) is 0 Å². The maximum atomic E-state index is 12.5. The van der Waals surface area contributed by atoms with Gasteiger partial charge in [0.05, 0.1) is 12.6 Å². The quantitative estimate of drug-likeness (QED) is 0.640. The van der Waals surface area contributed by atoms with E-state index >= 15 is 0 Å². The average molecular weight is 247 g/mol. The van der Waals surface area contributed by atoms with Crippen molar-refractivity contribution < 1.29 is 32.2 Å². The molecule has 0 aliphatic carbocycles. The molecule has 0 saturated carbocycles. The van der Waals surface area contributed by atoms with Crippen molar-refractivity contribution in [2.45, 2.75) is 24.8 Å². The molecule has 4 nitrogen and oxygen atoms in total. The number of carbonyl (C=O) groups is 1. The van der Waals surface area contributed by atoms with Crippen LogP contribution in [0.5, 0.6) is 0 Å². The molecule has 0 aromatic heterocycles. The molecule has 0 fully saturated rings. The number of aliphatic hydroxyl groups excluding tert-OH is 1. The number of carbonyl (C=O) groups excluding carboxylic acids is 1. The second kappa shape index (κ2) is 6.64. The molecular weight excluding hydrogens is 234 g/mol. The van der Waals surface area contributed by atoms with Gasteiger partial charge in [-0.1, -0.05) is 0 Å². The van der Waals surface area contributed by atoms with Crippen molar-refractivity contribution in [2.75, 3.05) is 20.3 Å². The second-order valence-corrected chi connectivity index (χ2v) is 3.06. The van der Waals surface area contributed by atoms with Gasteiger partial charge in [0.2, 0.25) is 0 Å². The lowest BCUT2D eigenvalue weighted by atomic mass is 10.2. The van der Waals surface area contributed by atoms with Crippen LogP contribution in [0.15, 0.2) is 0 Å². The zero-order chi connectivity index (χ0) is 12.8. The van der Waals surface area contributed by atoms with Crippen molar-refractivity contribution >= 4 is 5.91 Å². The first-order valence-corrected chi connectivity index (χ1v) is 4.43. The summed E-state index contributed by atoms with van der Waals surface area (Å²) in [5.41, 5.74) is 0. The number of aliphatic hydroxyl groups is 1. The van der Waals surface area contributed by atoms with E-state index < -0.39 is 24.3 Å². The molecule has 0 bridgehead atoms. The lowest BCUT2D eigenvalue weighted by Gasteiger charge is -2.20.